The molecule has 0 heterocycles. The maximum absolute atomic E-state index is 11.1. The van der Waals surface area contributed by atoms with Gasteiger partial charge < -0.3 is 4.55 Å². The highest BCUT2D eigenvalue weighted by Gasteiger charge is 2.07. The minimum absolute atomic E-state index is 0.0801. The molecule has 0 aliphatic carbocycles. The molecule has 0 N–H and O–H groups in total. The van der Waals surface area contributed by atoms with Gasteiger partial charge in [-0.25, -0.2) is 8.42 Å². The van der Waals surface area contributed by atoms with Crippen LogP contribution in [-0.2, 0) is 16.5 Å². The average molecular weight is 269 g/mol. The molecular weight excluding hydrogens is 248 g/mol. The Morgan fingerprint density at radius 1 is 1.33 bits per heavy atom. The van der Waals surface area contributed by atoms with E-state index in [1.807, 2.05) is 6.07 Å². The standard InChI is InChI=1S/C14H22O3S/c1-4-11(2)6-5-7-13-9-8-12(3)14(10-13)18(15,16)17/h8-11H,4-7H2,1-3H3,(H,15,16,17)/p-1. The van der Waals surface area contributed by atoms with Crippen LogP contribution in [0.2, 0.25) is 0 Å². The second-order valence-electron chi connectivity index (χ2n) is 4.96. The predicted octanol–water partition coefficient (Wildman–Crippen LogP) is 3.27. The molecule has 3 nitrogen and oxygen atoms in total. The molecule has 0 spiro atoms. The quantitative estimate of drug-likeness (QED) is 0.745. The topological polar surface area (TPSA) is 57.2 Å². The molecule has 0 radical (unpaired) electrons. The summed E-state index contributed by atoms with van der Waals surface area (Å²) < 4.78 is 33.2. The molecule has 4 heteroatoms. The van der Waals surface area contributed by atoms with Crippen LogP contribution in [-0.4, -0.2) is 13.0 Å². The van der Waals surface area contributed by atoms with Gasteiger partial charge in [0.15, 0.2) is 0 Å². The summed E-state index contributed by atoms with van der Waals surface area (Å²) in [6, 6.07) is 5.14. The fourth-order valence-electron chi connectivity index (χ4n) is 1.93. The van der Waals surface area contributed by atoms with E-state index in [0.29, 0.717) is 11.5 Å². The molecule has 0 fully saturated rings. The van der Waals surface area contributed by atoms with E-state index >= 15 is 0 Å². The SMILES string of the molecule is CCC(C)CCCc1ccc(C)c(S(=O)(=O)[O-])c1. The number of hydrogen-bond acceptors (Lipinski definition) is 3. The van der Waals surface area contributed by atoms with Gasteiger partial charge in [-0.05, 0) is 42.9 Å². The van der Waals surface area contributed by atoms with E-state index in [4.69, 9.17) is 0 Å². The van der Waals surface area contributed by atoms with Crippen molar-refractivity contribution in [3.63, 3.8) is 0 Å². The second kappa shape index (κ2) is 6.34. The molecule has 0 aromatic heterocycles. The molecule has 1 aromatic rings. The lowest BCUT2D eigenvalue weighted by Gasteiger charge is -2.13. The van der Waals surface area contributed by atoms with Gasteiger partial charge >= 0.3 is 0 Å². The number of benzene rings is 1. The highest BCUT2D eigenvalue weighted by atomic mass is 32.2. The van der Waals surface area contributed by atoms with E-state index in [2.05, 4.69) is 13.8 Å². The third-order valence-corrected chi connectivity index (χ3v) is 4.36. The van der Waals surface area contributed by atoms with Crippen LogP contribution in [0.3, 0.4) is 0 Å². The van der Waals surface area contributed by atoms with Gasteiger partial charge in [-0.3, -0.25) is 0 Å². The lowest BCUT2D eigenvalue weighted by Crippen LogP contribution is -2.03. The number of hydrogen-bond donors (Lipinski definition) is 0. The lowest BCUT2D eigenvalue weighted by atomic mass is 9.99. The molecule has 0 aliphatic rings. The van der Waals surface area contributed by atoms with Crippen molar-refractivity contribution in [2.75, 3.05) is 0 Å². The van der Waals surface area contributed by atoms with Crippen LogP contribution in [0.1, 0.15) is 44.2 Å². The summed E-state index contributed by atoms with van der Waals surface area (Å²) in [5.41, 5.74) is 1.45. The van der Waals surface area contributed by atoms with Crippen LogP contribution in [0.4, 0.5) is 0 Å². The van der Waals surface area contributed by atoms with Crippen LogP contribution < -0.4 is 0 Å². The van der Waals surface area contributed by atoms with Gasteiger partial charge in [-0.1, -0.05) is 38.8 Å². The van der Waals surface area contributed by atoms with Gasteiger partial charge in [0.1, 0.15) is 10.1 Å². The van der Waals surface area contributed by atoms with Crippen LogP contribution in [0.15, 0.2) is 23.1 Å². The molecule has 0 saturated heterocycles. The third-order valence-electron chi connectivity index (χ3n) is 3.38. The Morgan fingerprint density at radius 3 is 2.56 bits per heavy atom. The monoisotopic (exact) mass is 269 g/mol. The molecule has 1 rings (SSSR count). The molecular formula is C14H21O3S-. The number of aryl methyl sites for hydroxylation is 2. The van der Waals surface area contributed by atoms with Gasteiger partial charge in [0.2, 0.25) is 0 Å². The van der Waals surface area contributed by atoms with E-state index in [1.165, 1.54) is 6.07 Å². The van der Waals surface area contributed by atoms with Crippen molar-refractivity contribution in [2.45, 2.75) is 51.3 Å². The first kappa shape index (κ1) is 15.2. The van der Waals surface area contributed by atoms with Gasteiger partial charge in [-0.15, -0.1) is 0 Å². The Labute approximate surface area is 110 Å². The zero-order valence-electron chi connectivity index (χ0n) is 11.3. The van der Waals surface area contributed by atoms with Crippen molar-refractivity contribution in [3.05, 3.63) is 29.3 Å². The average Bonchev–Trinajstić information content (AvgIpc) is 2.29. The van der Waals surface area contributed by atoms with E-state index in [-0.39, 0.29) is 4.90 Å². The highest BCUT2D eigenvalue weighted by Crippen LogP contribution is 2.19. The number of rotatable bonds is 6. The molecule has 18 heavy (non-hydrogen) atoms. The lowest BCUT2D eigenvalue weighted by molar-refractivity contribution is 0.462. The van der Waals surface area contributed by atoms with Crippen molar-refractivity contribution in [2.24, 2.45) is 5.92 Å². The molecule has 0 bridgehead atoms. The first-order valence-electron chi connectivity index (χ1n) is 6.40. The molecule has 102 valence electrons. The predicted molar refractivity (Wildman–Crippen MR) is 71.5 cm³/mol. The minimum atomic E-state index is -4.35. The molecule has 0 amide bonds. The molecule has 1 atom stereocenters. The summed E-state index contributed by atoms with van der Waals surface area (Å²) in [5.74, 6) is 0.693. The summed E-state index contributed by atoms with van der Waals surface area (Å²) in [6.45, 7) is 6.02. The summed E-state index contributed by atoms with van der Waals surface area (Å²) in [4.78, 5) is -0.0801. The Hall–Kier alpha value is -0.870. The maximum Gasteiger partial charge on any atom is 0.124 e. The fraction of sp³-hybridized carbons (Fsp3) is 0.571. The summed E-state index contributed by atoms with van der Waals surface area (Å²) in [5, 5.41) is 0. The highest BCUT2D eigenvalue weighted by molar-refractivity contribution is 7.85. The van der Waals surface area contributed by atoms with E-state index in [1.54, 1.807) is 13.0 Å². The largest absolute Gasteiger partial charge is 0.744 e. The zero-order chi connectivity index (χ0) is 13.8. The maximum atomic E-state index is 11.1. The van der Waals surface area contributed by atoms with Gasteiger partial charge in [0, 0.05) is 0 Å². The fourth-order valence-corrected chi connectivity index (χ4v) is 2.69. The smallest absolute Gasteiger partial charge is 0.124 e. The van der Waals surface area contributed by atoms with Crippen molar-refractivity contribution in [3.8, 4) is 0 Å². The Morgan fingerprint density at radius 2 is 2.00 bits per heavy atom. The summed E-state index contributed by atoms with van der Waals surface area (Å²) in [6.07, 6.45) is 4.14. The van der Waals surface area contributed by atoms with Crippen LogP contribution in [0.5, 0.6) is 0 Å². The van der Waals surface area contributed by atoms with Gasteiger partial charge in [0.25, 0.3) is 0 Å². The molecule has 0 saturated carbocycles. The van der Waals surface area contributed by atoms with Gasteiger partial charge in [-0.2, -0.15) is 0 Å². The van der Waals surface area contributed by atoms with E-state index in [0.717, 1.165) is 31.2 Å². The molecule has 1 aromatic carbocycles. The molecule has 0 aliphatic heterocycles. The Bertz CT molecular complexity index is 492. The van der Waals surface area contributed by atoms with Crippen LogP contribution in [0.25, 0.3) is 0 Å². The van der Waals surface area contributed by atoms with Crippen molar-refractivity contribution >= 4 is 10.1 Å². The Kier molecular flexibility index (Phi) is 5.35. The van der Waals surface area contributed by atoms with E-state index < -0.39 is 10.1 Å². The molecule has 1 unspecified atom stereocenters. The Balaban J connectivity index is 2.74. The van der Waals surface area contributed by atoms with Crippen LogP contribution >= 0.6 is 0 Å². The van der Waals surface area contributed by atoms with E-state index in [9.17, 15) is 13.0 Å². The minimum Gasteiger partial charge on any atom is -0.744 e. The first-order valence-corrected chi connectivity index (χ1v) is 7.80. The third kappa shape index (κ3) is 4.42. The first-order chi connectivity index (χ1) is 8.34. The van der Waals surface area contributed by atoms with Crippen molar-refractivity contribution < 1.29 is 13.0 Å². The zero-order valence-corrected chi connectivity index (χ0v) is 12.1. The van der Waals surface area contributed by atoms with Crippen molar-refractivity contribution in [1.82, 2.24) is 0 Å². The summed E-state index contributed by atoms with van der Waals surface area (Å²) >= 11 is 0. The van der Waals surface area contributed by atoms with Crippen molar-refractivity contribution in [1.29, 1.82) is 0 Å². The second-order valence-corrected chi connectivity index (χ2v) is 6.31. The van der Waals surface area contributed by atoms with Crippen LogP contribution in [0, 0.1) is 12.8 Å². The normalized spacial score (nSPS) is 13.6. The van der Waals surface area contributed by atoms with Gasteiger partial charge in [0.05, 0.1) is 4.90 Å². The summed E-state index contributed by atoms with van der Waals surface area (Å²) in [7, 11) is -4.35.